The summed E-state index contributed by atoms with van der Waals surface area (Å²) in [4.78, 5) is 11.6. The molecule has 16 heavy (non-hydrogen) atoms. The van der Waals surface area contributed by atoms with Crippen molar-refractivity contribution in [3.05, 3.63) is 29.8 Å². The molecule has 88 valence electrons. The normalized spacial score (nSPS) is 10.1. The summed E-state index contributed by atoms with van der Waals surface area (Å²) in [5.74, 6) is -0.251. The Morgan fingerprint density at radius 1 is 1.44 bits per heavy atom. The second-order valence-electron chi connectivity index (χ2n) is 3.32. The van der Waals surface area contributed by atoms with E-state index in [1.54, 1.807) is 18.2 Å². The number of amides is 1. The number of hydrogen-bond acceptors (Lipinski definition) is 3. The second kappa shape index (κ2) is 6.85. The Kier molecular flexibility index (Phi) is 5.36. The Morgan fingerprint density at radius 2 is 2.19 bits per heavy atom. The highest BCUT2D eigenvalue weighted by Gasteiger charge is 2.08. The molecule has 0 bridgehead atoms. The molecule has 0 saturated heterocycles. The monoisotopic (exact) mass is 223 g/mol. The highest BCUT2D eigenvalue weighted by atomic mass is 16.5. The van der Waals surface area contributed by atoms with Crippen LogP contribution in [0.3, 0.4) is 0 Å². The van der Waals surface area contributed by atoms with E-state index >= 15 is 0 Å². The summed E-state index contributed by atoms with van der Waals surface area (Å²) in [6, 6.07) is 6.48. The molecule has 0 aliphatic rings. The fourth-order valence-electron chi connectivity index (χ4n) is 1.28. The van der Waals surface area contributed by atoms with E-state index < -0.39 is 0 Å². The molecule has 0 aliphatic heterocycles. The van der Waals surface area contributed by atoms with Crippen LogP contribution in [0.5, 0.6) is 5.75 Å². The van der Waals surface area contributed by atoms with Crippen LogP contribution in [0.15, 0.2) is 24.3 Å². The maximum absolute atomic E-state index is 11.6. The molecule has 0 spiro atoms. The number of phenolic OH excluding ortho intramolecular Hbond substituents is 1. The number of hydrogen-bond donors (Lipinski definition) is 2. The van der Waals surface area contributed by atoms with Crippen molar-refractivity contribution in [1.29, 1.82) is 0 Å². The number of aromatic hydroxyl groups is 1. The third-order valence-electron chi connectivity index (χ3n) is 2.10. The molecule has 2 N–H and O–H groups in total. The Labute approximate surface area is 95.2 Å². The third kappa shape index (κ3) is 3.90. The van der Waals surface area contributed by atoms with Gasteiger partial charge >= 0.3 is 0 Å². The van der Waals surface area contributed by atoms with Crippen molar-refractivity contribution in [1.82, 2.24) is 5.32 Å². The number of nitrogens with one attached hydrogen (secondary N) is 1. The molecule has 4 nitrogen and oxygen atoms in total. The van der Waals surface area contributed by atoms with Crippen LogP contribution in [0.2, 0.25) is 0 Å². The number of ether oxygens (including phenoxy) is 1. The summed E-state index contributed by atoms with van der Waals surface area (Å²) in [6.07, 6.45) is 0.771. The van der Waals surface area contributed by atoms with Crippen molar-refractivity contribution in [3.8, 4) is 5.75 Å². The number of benzene rings is 1. The lowest BCUT2D eigenvalue weighted by molar-refractivity contribution is 0.0941. The maximum atomic E-state index is 11.6. The van der Waals surface area contributed by atoms with Gasteiger partial charge in [0, 0.05) is 19.8 Å². The van der Waals surface area contributed by atoms with Crippen LogP contribution in [0, 0.1) is 0 Å². The summed E-state index contributed by atoms with van der Waals surface area (Å²) in [7, 11) is 0. The zero-order valence-corrected chi connectivity index (χ0v) is 9.40. The fourth-order valence-corrected chi connectivity index (χ4v) is 1.28. The lowest BCUT2D eigenvalue weighted by atomic mass is 10.2. The lowest BCUT2D eigenvalue weighted by Crippen LogP contribution is -2.25. The minimum absolute atomic E-state index is 0.00445. The van der Waals surface area contributed by atoms with Crippen LogP contribution in [-0.2, 0) is 4.74 Å². The summed E-state index contributed by atoms with van der Waals surface area (Å²) in [5.41, 5.74) is 0.305. The molecule has 1 rings (SSSR count). The predicted octanol–water partition coefficient (Wildman–Crippen LogP) is 1.55. The van der Waals surface area contributed by atoms with Gasteiger partial charge in [-0.25, -0.2) is 0 Å². The van der Waals surface area contributed by atoms with E-state index in [2.05, 4.69) is 5.32 Å². The first-order valence-corrected chi connectivity index (χ1v) is 5.39. The Balaban J connectivity index is 2.33. The average molecular weight is 223 g/mol. The molecule has 0 atom stereocenters. The molecule has 0 fully saturated rings. The molecule has 4 heteroatoms. The first-order chi connectivity index (χ1) is 7.75. The predicted molar refractivity (Wildman–Crippen MR) is 61.6 cm³/mol. The van der Waals surface area contributed by atoms with E-state index in [0.29, 0.717) is 25.3 Å². The first-order valence-electron chi connectivity index (χ1n) is 5.39. The van der Waals surface area contributed by atoms with Gasteiger partial charge in [0.25, 0.3) is 5.91 Å². The van der Waals surface area contributed by atoms with E-state index in [-0.39, 0.29) is 11.7 Å². The van der Waals surface area contributed by atoms with Gasteiger partial charge in [-0.3, -0.25) is 4.79 Å². The molecular formula is C12H17NO3. The molecule has 0 aromatic heterocycles. The van der Waals surface area contributed by atoms with Crippen molar-refractivity contribution >= 4 is 5.91 Å². The van der Waals surface area contributed by atoms with Crippen molar-refractivity contribution in [3.63, 3.8) is 0 Å². The summed E-state index contributed by atoms with van der Waals surface area (Å²) < 4.78 is 5.14. The van der Waals surface area contributed by atoms with Crippen LogP contribution in [-0.4, -0.2) is 30.8 Å². The lowest BCUT2D eigenvalue weighted by Gasteiger charge is -2.06. The number of carbonyl (C=O) groups excluding carboxylic acids is 1. The van der Waals surface area contributed by atoms with Gasteiger partial charge in [-0.2, -0.15) is 0 Å². The van der Waals surface area contributed by atoms with Gasteiger partial charge in [-0.1, -0.05) is 12.1 Å². The van der Waals surface area contributed by atoms with Crippen molar-refractivity contribution in [2.75, 3.05) is 19.8 Å². The molecule has 1 aromatic rings. The zero-order chi connectivity index (χ0) is 11.8. The Morgan fingerprint density at radius 3 is 2.88 bits per heavy atom. The quantitative estimate of drug-likeness (QED) is 0.719. The Hall–Kier alpha value is -1.55. The van der Waals surface area contributed by atoms with E-state index in [1.807, 2.05) is 6.92 Å². The van der Waals surface area contributed by atoms with Crippen LogP contribution >= 0.6 is 0 Å². The molecule has 0 unspecified atom stereocenters. The van der Waals surface area contributed by atoms with E-state index in [4.69, 9.17) is 4.74 Å². The van der Waals surface area contributed by atoms with Crippen LogP contribution in [0.25, 0.3) is 0 Å². The number of carbonyl (C=O) groups is 1. The third-order valence-corrected chi connectivity index (χ3v) is 2.10. The highest BCUT2D eigenvalue weighted by molar-refractivity contribution is 5.96. The number of para-hydroxylation sites is 1. The topological polar surface area (TPSA) is 58.6 Å². The van der Waals surface area contributed by atoms with Crippen molar-refractivity contribution < 1.29 is 14.6 Å². The summed E-state index contributed by atoms with van der Waals surface area (Å²) >= 11 is 0. The summed E-state index contributed by atoms with van der Waals surface area (Å²) in [5, 5.41) is 12.2. The minimum atomic E-state index is -0.255. The minimum Gasteiger partial charge on any atom is -0.507 e. The van der Waals surface area contributed by atoms with E-state index in [1.165, 1.54) is 6.07 Å². The molecule has 1 aromatic carbocycles. The number of phenols is 1. The van der Waals surface area contributed by atoms with Crippen molar-refractivity contribution in [2.45, 2.75) is 13.3 Å². The van der Waals surface area contributed by atoms with Gasteiger partial charge in [-0.05, 0) is 25.5 Å². The second-order valence-corrected chi connectivity index (χ2v) is 3.32. The van der Waals surface area contributed by atoms with Gasteiger partial charge in [0.1, 0.15) is 5.75 Å². The van der Waals surface area contributed by atoms with Gasteiger partial charge in [0.05, 0.1) is 5.56 Å². The molecule has 0 radical (unpaired) electrons. The fraction of sp³-hybridized carbons (Fsp3) is 0.417. The Bertz CT molecular complexity index is 339. The number of rotatable bonds is 6. The molecule has 0 heterocycles. The van der Waals surface area contributed by atoms with E-state index in [9.17, 15) is 9.90 Å². The van der Waals surface area contributed by atoms with E-state index in [0.717, 1.165) is 6.42 Å². The highest BCUT2D eigenvalue weighted by Crippen LogP contribution is 2.14. The average Bonchev–Trinajstić information content (AvgIpc) is 2.29. The molecular weight excluding hydrogens is 206 g/mol. The summed E-state index contributed by atoms with van der Waals surface area (Å²) in [6.45, 7) is 3.80. The first kappa shape index (κ1) is 12.5. The van der Waals surface area contributed by atoms with Gasteiger partial charge in [0.15, 0.2) is 0 Å². The molecule has 1 amide bonds. The van der Waals surface area contributed by atoms with Crippen molar-refractivity contribution in [2.24, 2.45) is 0 Å². The largest absolute Gasteiger partial charge is 0.507 e. The van der Waals surface area contributed by atoms with Gasteiger partial charge < -0.3 is 15.2 Å². The van der Waals surface area contributed by atoms with Crippen LogP contribution in [0.1, 0.15) is 23.7 Å². The van der Waals surface area contributed by atoms with Crippen LogP contribution in [0.4, 0.5) is 0 Å². The molecule has 0 aliphatic carbocycles. The SMILES string of the molecule is CCOCCCNC(=O)c1ccccc1O. The zero-order valence-electron chi connectivity index (χ0n) is 9.40. The molecule has 0 saturated carbocycles. The van der Waals surface area contributed by atoms with Crippen LogP contribution < -0.4 is 5.32 Å². The van der Waals surface area contributed by atoms with Gasteiger partial charge in [0.2, 0.25) is 0 Å². The standard InChI is InChI=1S/C12H17NO3/c1-2-16-9-5-8-13-12(15)10-6-3-4-7-11(10)14/h3-4,6-7,14H,2,5,8-9H2,1H3,(H,13,15). The smallest absolute Gasteiger partial charge is 0.255 e. The van der Waals surface area contributed by atoms with Gasteiger partial charge in [-0.15, -0.1) is 0 Å². The maximum Gasteiger partial charge on any atom is 0.255 e.